The maximum Gasteiger partial charge on any atom is 0.258 e. The molecule has 1 atom stereocenters. The van der Waals surface area contributed by atoms with E-state index in [0.29, 0.717) is 6.54 Å². The Hall–Kier alpha value is -2.27. The summed E-state index contributed by atoms with van der Waals surface area (Å²) in [5, 5.41) is 2.91. The van der Waals surface area contributed by atoms with Gasteiger partial charge in [0.05, 0.1) is 12.3 Å². The van der Waals surface area contributed by atoms with Crippen LogP contribution in [0.15, 0.2) is 34.9 Å². The predicted octanol–water partition coefficient (Wildman–Crippen LogP) is 3.00. The highest BCUT2D eigenvalue weighted by molar-refractivity contribution is 5.77. The van der Waals surface area contributed by atoms with Gasteiger partial charge in [-0.2, -0.15) is 0 Å². The monoisotopic (exact) mass is 330 g/mol. The van der Waals surface area contributed by atoms with Crippen molar-refractivity contribution in [2.24, 2.45) is 0 Å². The van der Waals surface area contributed by atoms with Gasteiger partial charge < -0.3 is 14.5 Å². The number of rotatable bonds is 7. The van der Waals surface area contributed by atoms with Gasteiger partial charge >= 0.3 is 0 Å². The van der Waals surface area contributed by atoms with Crippen molar-refractivity contribution in [1.29, 1.82) is 0 Å². The highest BCUT2D eigenvalue weighted by atomic mass is 16.5. The van der Waals surface area contributed by atoms with Gasteiger partial charge in [-0.3, -0.25) is 9.69 Å². The van der Waals surface area contributed by atoms with Crippen LogP contribution in [0.1, 0.15) is 28.5 Å². The van der Waals surface area contributed by atoms with Crippen molar-refractivity contribution in [2.75, 3.05) is 27.2 Å². The molecule has 0 fully saturated rings. The predicted molar refractivity (Wildman–Crippen MR) is 94.3 cm³/mol. The van der Waals surface area contributed by atoms with Crippen molar-refractivity contribution in [2.45, 2.75) is 26.8 Å². The van der Waals surface area contributed by atoms with Crippen LogP contribution in [0.3, 0.4) is 0 Å². The lowest BCUT2D eigenvalue weighted by molar-refractivity contribution is -0.123. The SMILES string of the molecule is Cc1cc(C)c(OCC(=O)NCC(c2ccco2)N(C)C)c(C)c1. The van der Waals surface area contributed by atoms with Crippen molar-refractivity contribution in [1.82, 2.24) is 10.2 Å². The van der Waals surface area contributed by atoms with Crippen LogP contribution in [0.4, 0.5) is 0 Å². The van der Waals surface area contributed by atoms with Crippen LogP contribution in [-0.4, -0.2) is 38.1 Å². The van der Waals surface area contributed by atoms with Gasteiger partial charge in [0, 0.05) is 6.54 Å². The smallest absolute Gasteiger partial charge is 0.258 e. The summed E-state index contributed by atoms with van der Waals surface area (Å²) >= 11 is 0. The summed E-state index contributed by atoms with van der Waals surface area (Å²) in [5.41, 5.74) is 3.28. The van der Waals surface area contributed by atoms with Crippen molar-refractivity contribution in [3.8, 4) is 5.75 Å². The molecule has 2 aromatic rings. The molecule has 0 spiro atoms. The van der Waals surface area contributed by atoms with Crippen LogP contribution in [0.5, 0.6) is 5.75 Å². The standard InChI is InChI=1S/C19H26N2O3/c1-13-9-14(2)19(15(3)10-13)24-12-18(22)20-11-16(21(4)5)17-7-6-8-23-17/h6-10,16H,11-12H2,1-5H3,(H,20,22). The lowest BCUT2D eigenvalue weighted by Crippen LogP contribution is -2.36. The molecule has 1 unspecified atom stereocenters. The van der Waals surface area contributed by atoms with Crippen LogP contribution < -0.4 is 10.1 Å². The Labute approximate surface area is 143 Å². The van der Waals surface area contributed by atoms with Gasteiger partial charge in [-0.25, -0.2) is 0 Å². The van der Waals surface area contributed by atoms with E-state index < -0.39 is 0 Å². The third-order valence-electron chi connectivity index (χ3n) is 3.94. The number of hydrogen-bond donors (Lipinski definition) is 1. The molecule has 1 aromatic heterocycles. The fraction of sp³-hybridized carbons (Fsp3) is 0.421. The van der Waals surface area contributed by atoms with E-state index >= 15 is 0 Å². The number of furan rings is 1. The molecule has 0 bridgehead atoms. The molecular formula is C19H26N2O3. The second-order valence-corrected chi connectivity index (χ2v) is 6.32. The van der Waals surface area contributed by atoms with Gasteiger partial charge in [0.1, 0.15) is 11.5 Å². The normalized spacial score (nSPS) is 12.2. The number of nitrogens with one attached hydrogen (secondary N) is 1. The first-order valence-corrected chi connectivity index (χ1v) is 8.05. The van der Waals surface area contributed by atoms with E-state index in [2.05, 4.69) is 17.4 Å². The molecule has 0 aliphatic rings. The Bertz CT molecular complexity index is 655. The average Bonchev–Trinajstić information content (AvgIpc) is 3.00. The minimum absolute atomic E-state index is 0.00302. The summed E-state index contributed by atoms with van der Waals surface area (Å²) in [6, 6.07) is 7.86. The van der Waals surface area contributed by atoms with Crippen molar-refractivity contribution >= 4 is 5.91 Å². The fourth-order valence-corrected chi connectivity index (χ4v) is 2.81. The van der Waals surface area contributed by atoms with E-state index in [1.807, 2.05) is 51.9 Å². The summed E-state index contributed by atoms with van der Waals surface area (Å²) in [7, 11) is 3.91. The van der Waals surface area contributed by atoms with E-state index in [0.717, 1.165) is 22.6 Å². The fourth-order valence-electron chi connectivity index (χ4n) is 2.81. The number of amides is 1. The lowest BCUT2D eigenvalue weighted by Gasteiger charge is -2.22. The molecule has 1 aromatic carbocycles. The zero-order chi connectivity index (χ0) is 17.7. The molecular weight excluding hydrogens is 304 g/mol. The maximum absolute atomic E-state index is 12.1. The summed E-state index contributed by atoms with van der Waals surface area (Å²) in [5.74, 6) is 1.46. The number of aryl methyl sites for hydroxylation is 3. The second kappa shape index (κ2) is 8.02. The Morgan fingerprint density at radius 2 is 1.92 bits per heavy atom. The molecule has 0 radical (unpaired) electrons. The number of ether oxygens (including phenoxy) is 1. The first-order chi connectivity index (χ1) is 11.4. The van der Waals surface area contributed by atoms with Gasteiger partial charge in [0.25, 0.3) is 5.91 Å². The highest BCUT2D eigenvalue weighted by Crippen LogP contribution is 2.24. The number of nitrogens with zero attached hydrogens (tertiary/aromatic N) is 1. The first kappa shape index (κ1) is 18.1. The number of carbonyl (C=O) groups excluding carboxylic acids is 1. The Balaban J connectivity index is 1.90. The number of hydrogen-bond acceptors (Lipinski definition) is 4. The van der Waals surface area contributed by atoms with Crippen LogP contribution in [0.25, 0.3) is 0 Å². The average molecular weight is 330 g/mol. The summed E-state index contributed by atoms with van der Waals surface area (Å²) < 4.78 is 11.2. The molecule has 5 heteroatoms. The zero-order valence-corrected chi connectivity index (χ0v) is 15.1. The second-order valence-electron chi connectivity index (χ2n) is 6.32. The van der Waals surface area contributed by atoms with Gasteiger partial charge in [-0.05, 0) is 58.1 Å². The largest absolute Gasteiger partial charge is 0.483 e. The number of likely N-dealkylation sites (N-methyl/N-ethyl adjacent to an activating group) is 1. The van der Waals surface area contributed by atoms with E-state index in [9.17, 15) is 4.79 Å². The van der Waals surface area contributed by atoms with Crippen LogP contribution in [0.2, 0.25) is 0 Å². The van der Waals surface area contributed by atoms with E-state index in [4.69, 9.17) is 9.15 Å². The molecule has 0 saturated carbocycles. The Morgan fingerprint density at radius 3 is 2.46 bits per heavy atom. The van der Waals surface area contributed by atoms with Crippen LogP contribution in [0, 0.1) is 20.8 Å². The van der Waals surface area contributed by atoms with Gasteiger partial charge in [-0.1, -0.05) is 17.7 Å². The zero-order valence-electron chi connectivity index (χ0n) is 15.1. The van der Waals surface area contributed by atoms with Crippen molar-refractivity contribution in [3.63, 3.8) is 0 Å². The van der Waals surface area contributed by atoms with E-state index in [-0.39, 0.29) is 18.6 Å². The van der Waals surface area contributed by atoms with Crippen LogP contribution in [-0.2, 0) is 4.79 Å². The lowest BCUT2D eigenvalue weighted by atomic mass is 10.1. The molecule has 1 amide bonds. The molecule has 0 aliphatic carbocycles. The first-order valence-electron chi connectivity index (χ1n) is 8.05. The highest BCUT2D eigenvalue weighted by Gasteiger charge is 2.18. The van der Waals surface area contributed by atoms with E-state index in [1.54, 1.807) is 6.26 Å². The van der Waals surface area contributed by atoms with E-state index in [1.165, 1.54) is 5.56 Å². The molecule has 0 saturated heterocycles. The minimum atomic E-state index is -0.146. The number of benzene rings is 1. The third-order valence-corrected chi connectivity index (χ3v) is 3.94. The molecule has 1 N–H and O–H groups in total. The molecule has 5 nitrogen and oxygen atoms in total. The minimum Gasteiger partial charge on any atom is -0.483 e. The summed E-state index contributed by atoms with van der Waals surface area (Å²) in [6.45, 7) is 6.50. The van der Waals surface area contributed by atoms with Crippen LogP contribution >= 0.6 is 0 Å². The molecule has 2 rings (SSSR count). The Kier molecular flexibility index (Phi) is 6.04. The quantitative estimate of drug-likeness (QED) is 0.848. The van der Waals surface area contributed by atoms with Crippen molar-refractivity contribution in [3.05, 3.63) is 53.0 Å². The number of carbonyl (C=O) groups is 1. The van der Waals surface area contributed by atoms with Crippen molar-refractivity contribution < 1.29 is 13.9 Å². The third kappa shape index (κ3) is 4.61. The molecule has 24 heavy (non-hydrogen) atoms. The topological polar surface area (TPSA) is 54.7 Å². The van der Waals surface area contributed by atoms with Gasteiger partial charge in [-0.15, -0.1) is 0 Å². The summed E-state index contributed by atoms with van der Waals surface area (Å²) in [6.07, 6.45) is 1.64. The maximum atomic E-state index is 12.1. The van der Waals surface area contributed by atoms with Gasteiger partial charge in [0.2, 0.25) is 0 Å². The molecule has 130 valence electrons. The molecule has 1 heterocycles. The Morgan fingerprint density at radius 1 is 1.25 bits per heavy atom. The summed E-state index contributed by atoms with van der Waals surface area (Å²) in [4.78, 5) is 14.1. The van der Waals surface area contributed by atoms with Gasteiger partial charge in [0.15, 0.2) is 6.61 Å². The molecule has 0 aliphatic heterocycles.